The number of carboxylic acids is 1. The molecule has 1 heterocycles. The minimum absolute atomic E-state index is 0.120. The van der Waals surface area contributed by atoms with E-state index in [0.717, 1.165) is 16.3 Å². The minimum Gasteiger partial charge on any atom is -0.488 e. The summed E-state index contributed by atoms with van der Waals surface area (Å²) in [6.45, 7) is -0.546. The Labute approximate surface area is 187 Å². The first-order valence-corrected chi connectivity index (χ1v) is 10.4. The molecular formula is C24H16N2O5S. The van der Waals surface area contributed by atoms with E-state index in [2.05, 4.69) is 6.07 Å². The Hall–Kier alpha value is -4.09. The predicted molar refractivity (Wildman–Crippen MR) is 120 cm³/mol. The number of thioether (sulfide) groups is 1. The number of fused-ring (bicyclic) bond motifs is 1. The van der Waals surface area contributed by atoms with Crippen molar-refractivity contribution >= 4 is 45.7 Å². The average Bonchev–Trinajstić information content (AvgIpc) is 3.05. The van der Waals surface area contributed by atoms with E-state index in [-0.39, 0.29) is 11.5 Å². The Kier molecular flexibility index (Phi) is 5.92. The van der Waals surface area contributed by atoms with E-state index in [1.165, 1.54) is 0 Å². The maximum Gasteiger partial charge on any atom is 0.323 e. The summed E-state index contributed by atoms with van der Waals surface area (Å²) in [5.74, 6) is -1.45. The zero-order valence-electron chi connectivity index (χ0n) is 16.6. The van der Waals surface area contributed by atoms with Crippen LogP contribution in [0.25, 0.3) is 16.8 Å². The normalized spacial score (nSPS) is 14.7. The number of carbonyl (C=O) groups excluding carboxylic acids is 2. The zero-order valence-corrected chi connectivity index (χ0v) is 17.5. The monoisotopic (exact) mass is 444 g/mol. The van der Waals surface area contributed by atoms with Gasteiger partial charge in [0.25, 0.3) is 11.1 Å². The van der Waals surface area contributed by atoms with Crippen molar-refractivity contribution in [2.24, 2.45) is 0 Å². The molecule has 1 aliphatic rings. The van der Waals surface area contributed by atoms with Crippen LogP contribution in [0.5, 0.6) is 5.75 Å². The Morgan fingerprint density at radius 1 is 1.09 bits per heavy atom. The number of hydrogen-bond donors (Lipinski definition) is 1. The predicted octanol–water partition coefficient (Wildman–Crippen LogP) is 4.41. The molecule has 0 aromatic heterocycles. The largest absolute Gasteiger partial charge is 0.488 e. The topological polar surface area (TPSA) is 108 Å². The van der Waals surface area contributed by atoms with E-state index in [1.54, 1.807) is 30.3 Å². The number of ether oxygens (including phenoxy) is 1. The van der Waals surface area contributed by atoms with Gasteiger partial charge in [-0.3, -0.25) is 19.3 Å². The number of imide groups is 1. The number of carbonyl (C=O) groups is 3. The van der Waals surface area contributed by atoms with Gasteiger partial charge in [-0.25, -0.2) is 0 Å². The van der Waals surface area contributed by atoms with Crippen LogP contribution in [0.3, 0.4) is 0 Å². The van der Waals surface area contributed by atoms with E-state index in [1.807, 2.05) is 36.4 Å². The van der Waals surface area contributed by atoms with Gasteiger partial charge < -0.3 is 9.84 Å². The van der Waals surface area contributed by atoms with Crippen LogP contribution < -0.4 is 4.74 Å². The summed E-state index contributed by atoms with van der Waals surface area (Å²) in [7, 11) is 0. The third-order valence-corrected chi connectivity index (χ3v) is 5.80. The molecule has 3 aromatic rings. The molecule has 1 fully saturated rings. The van der Waals surface area contributed by atoms with Crippen molar-refractivity contribution in [1.82, 2.24) is 4.90 Å². The SMILES string of the molecule is N#Cc1ccccc1COc1ccc2ccccc2c1/C=C1/SC(=O)N(CC(=O)O)C1=O. The minimum atomic E-state index is -1.26. The fourth-order valence-electron chi connectivity index (χ4n) is 3.36. The van der Waals surface area contributed by atoms with Crippen LogP contribution in [0, 0.1) is 11.3 Å². The standard InChI is InChI=1S/C24H16N2O5S/c25-12-16-6-1-2-7-17(16)14-31-20-10-9-15-5-3-4-8-18(15)19(20)11-21-23(29)26(13-22(27)28)24(30)32-21/h1-11H,13-14H2,(H,27,28)/b21-11+. The Balaban J connectivity index is 1.74. The second kappa shape index (κ2) is 8.96. The fraction of sp³-hybridized carbons (Fsp3) is 0.0833. The molecule has 0 radical (unpaired) electrons. The lowest BCUT2D eigenvalue weighted by molar-refractivity contribution is -0.140. The summed E-state index contributed by atoms with van der Waals surface area (Å²) in [5, 5.41) is 19.4. The smallest absolute Gasteiger partial charge is 0.323 e. The quantitative estimate of drug-likeness (QED) is 0.561. The van der Waals surface area contributed by atoms with Crippen molar-refractivity contribution in [3.63, 3.8) is 0 Å². The van der Waals surface area contributed by atoms with Gasteiger partial charge in [-0.2, -0.15) is 5.26 Å². The van der Waals surface area contributed by atoms with Crippen LogP contribution in [0.15, 0.2) is 65.6 Å². The highest BCUT2D eigenvalue weighted by molar-refractivity contribution is 8.18. The molecule has 4 rings (SSSR count). The number of nitrogens with zero attached hydrogens (tertiary/aromatic N) is 2. The summed E-state index contributed by atoms with van der Waals surface area (Å²) in [6.07, 6.45) is 1.56. The number of aliphatic carboxylic acids is 1. The lowest BCUT2D eigenvalue weighted by Gasteiger charge is -2.13. The van der Waals surface area contributed by atoms with Gasteiger partial charge in [0.1, 0.15) is 18.9 Å². The first-order valence-electron chi connectivity index (χ1n) is 9.57. The van der Waals surface area contributed by atoms with Gasteiger partial charge in [-0.1, -0.05) is 48.5 Å². The molecule has 0 aliphatic carbocycles. The van der Waals surface area contributed by atoms with Gasteiger partial charge in [-0.15, -0.1) is 0 Å². The van der Waals surface area contributed by atoms with Crippen molar-refractivity contribution in [2.75, 3.05) is 6.54 Å². The Bertz CT molecular complexity index is 1330. The molecule has 1 saturated heterocycles. The molecule has 7 nitrogen and oxygen atoms in total. The van der Waals surface area contributed by atoms with Crippen LogP contribution in [0.2, 0.25) is 0 Å². The molecule has 8 heteroatoms. The second-order valence-electron chi connectivity index (χ2n) is 6.92. The zero-order chi connectivity index (χ0) is 22.7. The van der Waals surface area contributed by atoms with Crippen LogP contribution in [-0.2, 0) is 16.2 Å². The number of amides is 2. The third-order valence-electron chi connectivity index (χ3n) is 4.89. The second-order valence-corrected chi connectivity index (χ2v) is 7.91. The summed E-state index contributed by atoms with van der Waals surface area (Å²) >= 11 is 0.693. The van der Waals surface area contributed by atoms with Gasteiger partial charge >= 0.3 is 5.97 Å². The van der Waals surface area contributed by atoms with Crippen molar-refractivity contribution in [3.05, 3.63) is 82.3 Å². The highest BCUT2D eigenvalue weighted by Crippen LogP contribution is 2.37. The van der Waals surface area contributed by atoms with Crippen molar-refractivity contribution < 1.29 is 24.2 Å². The van der Waals surface area contributed by atoms with E-state index in [9.17, 15) is 19.6 Å². The van der Waals surface area contributed by atoms with Gasteiger partial charge in [0, 0.05) is 11.1 Å². The van der Waals surface area contributed by atoms with Crippen LogP contribution >= 0.6 is 11.8 Å². The summed E-state index contributed by atoms with van der Waals surface area (Å²) in [4.78, 5) is 36.6. The number of benzene rings is 3. The molecule has 0 atom stereocenters. The van der Waals surface area contributed by atoms with Gasteiger partial charge in [0.2, 0.25) is 0 Å². The summed E-state index contributed by atoms with van der Waals surface area (Å²) in [6, 6.07) is 20.4. The maximum atomic E-state index is 12.6. The van der Waals surface area contributed by atoms with Crippen molar-refractivity contribution in [1.29, 1.82) is 5.26 Å². The van der Waals surface area contributed by atoms with Gasteiger partial charge in [0.05, 0.1) is 16.5 Å². The molecule has 1 aliphatic heterocycles. The van der Waals surface area contributed by atoms with Crippen molar-refractivity contribution in [3.8, 4) is 11.8 Å². The first kappa shape index (κ1) is 21.2. The fourth-order valence-corrected chi connectivity index (χ4v) is 4.18. The number of hydrogen-bond acceptors (Lipinski definition) is 6. The van der Waals surface area contributed by atoms with E-state index < -0.39 is 23.7 Å². The van der Waals surface area contributed by atoms with Gasteiger partial charge in [0.15, 0.2) is 0 Å². The molecule has 1 N–H and O–H groups in total. The molecule has 0 spiro atoms. The van der Waals surface area contributed by atoms with Crippen LogP contribution in [-0.4, -0.2) is 33.7 Å². The van der Waals surface area contributed by atoms with E-state index >= 15 is 0 Å². The van der Waals surface area contributed by atoms with E-state index in [4.69, 9.17) is 9.84 Å². The van der Waals surface area contributed by atoms with E-state index in [0.29, 0.717) is 33.5 Å². The number of carboxylic acid groups (broad SMARTS) is 1. The number of nitriles is 1. The highest BCUT2D eigenvalue weighted by atomic mass is 32.2. The molecular weight excluding hydrogens is 428 g/mol. The molecule has 0 bridgehead atoms. The number of rotatable bonds is 6. The highest BCUT2D eigenvalue weighted by Gasteiger charge is 2.36. The van der Waals surface area contributed by atoms with Crippen LogP contribution in [0.4, 0.5) is 4.79 Å². The third kappa shape index (κ3) is 4.19. The maximum absolute atomic E-state index is 12.6. The molecule has 32 heavy (non-hydrogen) atoms. The van der Waals surface area contributed by atoms with Gasteiger partial charge in [-0.05, 0) is 40.7 Å². The Morgan fingerprint density at radius 2 is 1.84 bits per heavy atom. The molecule has 158 valence electrons. The lowest BCUT2D eigenvalue weighted by Crippen LogP contribution is -2.33. The summed E-state index contributed by atoms with van der Waals surface area (Å²) < 4.78 is 6.03. The molecule has 2 amide bonds. The molecule has 0 saturated carbocycles. The van der Waals surface area contributed by atoms with Crippen molar-refractivity contribution in [2.45, 2.75) is 6.61 Å². The molecule has 3 aromatic carbocycles. The molecule has 0 unspecified atom stereocenters. The first-order chi connectivity index (χ1) is 15.5. The lowest BCUT2D eigenvalue weighted by atomic mass is 10.0. The Morgan fingerprint density at radius 3 is 2.62 bits per heavy atom. The average molecular weight is 444 g/mol. The summed E-state index contributed by atoms with van der Waals surface area (Å²) in [5.41, 5.74) is 1.82. The van der Waals surface area contributed by atoms with Crippen LogP contribution in [0.1, 0.15) is 16.7 Å².